The number of nitrogens with zero attached hydrogens (tertiary/aromatic N) is 1. The molecule has 0 radical (unpaired) electrons. The van der Waals surface area contributed by atoms with E-state index in [4.69, 9.17) is 5.73 Å². The van der Waals surface area contributed by atoms with Crippen molar-refractivity contribution in [2.45, 2.75) is 19.8 Å². The lowest BCUT2D eigenvalue weighted by atomic mass is 10.1. The summed E-state index contributed by atoms with van der Waals surface area (Å²) in [6.07, 6.45) is -3.42. The fraction of sp³-hybridized carbons (Fsp3) is 0.375. The van der Waals surface area contributed by atoms with Gasteiger partial charge in [0.05, 0.1) is 0 Å². The van der Waals surface area contributed by atoms with Gasteiger partial charge in [-0.05, 0) is 35.1 Å². The topological polar surface area (TPSA) is 48.1 Å². The number of nitrogens with two attached hydrogens (primary N) is 1. The van der Waals surface area contributed by atoms with Crippen molar-refractivity contribution < 1.29 is 17.9 Å². The Bertz CT molecular complexity index is 368. The molecule has 0 unspecified atom stereocenters. The molecule has 1 aromatic heterocycles. The van der Waals surface area contributed by atoms with Crippen LogP contribution in [0.4, 0.5) is 13.2 Å². The van der Waals surface area contributed by atoms with E-state index in [-0.39, 0.29) is 12.1 Å². The summed E-state index contributed by atoms with van der Waals surface area (Å²) in [4.78, 5) is 3.57. The molecular formula is C8H8F3IN2O. The zero-order valence-corrected chi connectivity index (χ0v) is 9.89. The maximum atomic E-state index is 12.0. The van der Waals surface area contributed by atoms with Gasteiger partial charge in [-0.3, -0.25) is 0 Å². The summed E-state index contributed by atoms with van der Waals surface area (Å²) in [6, 6.07) is 0. The molecule has 84 valence electrons. The summed E-state index contributed by atoms with van der Waals surface area (Å²) in [6.45, 7) is 1.63. The highest BCUT2D eigenvalue weighted by Crippen LogP contribution is 2.27. The van der Waals surface area contributed by atoms with E-state index >= 15 is 0 Å². The molecule has 2 N–H and O–H groups in total. The maximum Gasteiger partial charge on any atom is 0.574 e. The summed E-state index contributed by atoms with van der Waals surface area (Å²) in [5.41, 5.74) is 6.29. The quantitative estimate of drug-likeness (QED) is 0.846. The molecule has 0 aliphatic carbocycles. The Morgan fingerprint density at radius 1 is 1.53 bits per heavy atom. The summed E-state index contributed by atoms with van der Waals surface area (Å²) >= 11 is 1.97. The highest BCUT2D eigenvalue weighted by atomic mass is 127. The third-order valence-electron chi connectivity index (χ3n) is 1.78. The van der Waals surface area contributed by atoms with Crippen LogP contribution >= 0.6 is 22.6 Å². The lowest BCUT2D eigenvalue weighted by Crippen LogP contribution is -2.20. The van der Waals surface area contributed by atoms with Crippen molar-refractivity contribution in [2.24, 2.45) is 5.73 Å². The number of alkyl halides is 3. The van der Waals surface area contributed by atoms with E-state index in [9.17, 15) is 13.2 Å². The van der Waals surface area contributed by atoms with E-state index in [2.05, 4.69) is 9.72 Å². The SMILES string of the molecule is Cc1c(I)cnc(OC(F)(F)F)c1CN. The maximum absolute atomic E-state index is 12.0. The summed E-state index contributed by atoms with van der Waals surface area (Å²) < 4.78 is 40.5. The summed E-state index contributed by atoms with van der Waals surface area (Å²) in [7, 11) is 0. The molecule has 3 nitrogen and oxygen atoms in total. The zero-order valence-electron chi connectivity index (χ0n) is 7.73. The number of halogens is 4. The largest absolute Gasteiger partial charge is 0.574 e. The normalized spacial score (nSPS) is 11.6. The number of hydrogen-bond donors (Lipinski definition) is 1. The van der Waals surface area contributed by atoms with Gasteiger partial charge in [0.1, 0.15) is 0 Å². The van der Waals surface area contributed by atoms with E-state index in [1.807, 2.05) is 22.6 Å². The van der Waals surface area contributed by atoms with Crippen molar-refractivity contribution >= 4 is 22.6 Å². The van der Waals surface area contributed by atoms with Gasteiger partial charge in [-0.25, -0.2) is 4.98 Å². The van der Waals surface area contributed by atoms with Crippen LogP contribution in [0.15, 0.2) is 6.20 Å². The Morgan fingerprint density at radius 2 is 2.13 bits per heavy atom. The first-order valence-corrected chi connectivity index (χ1v) is 5.03. The molecule has 0 fully saturated rings. The summed E-state index contributed by atoms with van der Waals surface area (Å²) in [5, 5.41) is 0. The molecule has 0 amide bonds. The van der Waals surface area contributed by atoms with Crippen molar-refractivity contribution in [3.8, 4) is 5.88 Å². The Kier molecular flexibility index (Phi) is 3.77. The standard InChI is InChI=1S/C8H8F3IN2O/c1-4-5(2-13)7(14-3-6(4)12)15-8(9,10)11/h3H,2,13H2,1H3. The van der Waals surface area contributed by atoms with Crippen molar-refractivity contribution in [1.29, 1.82) is 0 Å². The Balaban J connectivity index is 3.14. The average Bonchev–Trinajstić information content (AvgIpc) is 2.10. The molecule has 1 heterocycles. The van der Waals surface area contributed by atoms with Gasteiger partial charge in [0.25, 0.3) is 0 Å². The van der Waals surface area contributed by atoms with Crippen molar-refractivity contribution in [3.63, 3.8) is 0 Å². The second kappa shape index (κ2) is 4.52. The molecule has 0 aliphatic heterocycles. The molecule has 0 saturated heterocycles. The fourth-order valence-corrected chi connectivity index (χ4v) is 1.50. The monoisotopic (exact) mass is 332 g/mol. The minimum Gasteiger partial charge on any atom is -0.388 e. The molecule has 0 saturated carbocycles. The van der Waals surface area contributed by atoms with E-state index < -0.39 is 12.2 Å². The molecule has 0 spiro atoms. The van der Waals surface area contributed by atoms with Crippen molar-refractivity contribution in [3.05, 3.63) is 20.9 Å². The van der Waals surface area contributed by atoms with E-state index in [1.54, 1.807) is 6.92 Å². The third kappa shape index (κ3) is 3.20. The second-order valence-corrected chi connectivity index (χ2v) is 3.93. The molecule has 0 aliphatic rings. The third-order valence-corrected chi connectivity index (χ3v) is 2.87. The van der Waals surface area contributed by atoms with Gasteiger partial charge >= 0.3 is 6.36 Å². The smallest absolute Gasteiger partial charge is 0.388 e. The van der Waals surface area contributed by atoms with Crippen LogP contribution in [0.5, 0.6) is 5.88 Å². The van der Waals surface area contributed by atoms with Gasteiger partial charge in [-0.2, -0.15) is 0 Å². The minimum absolute atomic E-state index is 0.0406. The molecule has 1 aromatic rings. The van der Waals surface area contributed by atoms with Gasteiger partial charge in [-0.15, -0.1) is 13.2 Å². The van der Waals surface area contributed by atoms with Gasteiger partial charge in [0.2, 0.25) is 5.88 Å². The highest BCUT2D eigenvalue weighted by Gasteiger charge is 2.33. The van der Waals surface area contributed by atoms with Crippen LogP contribution < -0.4 is 10.5 Å². The number of pyridine rings is 1. The van der Waals surface area contributed by atoms with Crippen LogP contribution in [-0.2, 0) is 6.54 Å². The first-order chi connectivity index (χ1) is 6.85. The first-order valence-electron chi connectivity index (χ1n) is 3.95. The fourth-order valence-electron chi connectivity index (χ4n) is 1.03. The predicted octanol–water partition coefficient (Wildman–Crippen LogP) is 2.35. The van der Waals surface area contributed by atoms with Crippen molar-refractivity contribution in [2.75, 3.05) is 0 Å². The van der Waals surface area contributed by atoms with E-state index in [0.29, 0.717) is 5.56 Å². The number of rotatable bonds is 2. The van der Waals surface area contributed by atoms with E-state index in [1.165, 1.54) is 6.20 Å². The second-order valence-electron chi connectivity index (χ2n) is 2.77. The Morgan fingerprint density at radius 3 is 2.60 bits per heavy atom. The molecule has 0 aromatic carbocycles. The van der Waals surface area contributed by atoms with Gasteiger partial charge in [-0.1, -0.05) is 0 Å². The van der Waals surface area contributed by atoms with Crippen LogP contribution in [0.3, 0.4) is 0 Å². The molecular weight excluding hydrogens is 324 g/mol. The van der Waals surface area contributed by atoms with Gasteiger partial charge in [0.15, 0.2) is 0 Å². The Labute approximate surface area is 98.0 Å². The molecule has 0 bridgehead atoms. The highest BCUT2D eigenvalue weighted by molar-refractivity contribution is 14.1. The lowest BCUT2D eigenvalue weighted by molar-refractivity contribution is -0.276. The van der Waals surface area contributed by atoms with Gasteiger partial charge < -0.3 is 10.5 Å². The van der Waals surface area contributed by atoms with Crippen molar-refractivity contribution in [1.82, 2.24) is 4.98 Å². The van der Waals surface area contributed by atoms with Crippen LogP contribution in [0.25, 0.3) is 0 Å². The van der Waals surface area contributed by atoms with Crippen LogP contribution in [-0.4, -0.2) is 11.3 Å². The molecule has 1 rings (SSSR count). The van der Waals surface area contributed by atoms with Crippen LogP contribution in [0, 0.1) is 10.5 Å². The molecule has 0 atom stereocenters. The molecule has 15 heavy (non-hydrogen) atoms. The lowest BCUT2D eigenvalue weighted by Gasteiger charge is -2.13. The first kappa shape index (κ1) is 12.5. The van der Waals surface area contributed by atoms with Gasteiger partial charge in [0, 0.05) is 21.9 Å². The average molecular weight is 332 g/mol. The van der Waals surface area contributed by atoms with Crippen LogP contribution in [0.2, 0.25) is 0 Å². The Hall–Kier alpha value is -0.570. The summed E-state index contributed by atoms with van der Waals surface area (Å²) in [5.74, 6) is -0.470. The predicted molar refractivity (Wildman–Crippen MR) is 56.3 cm³/mol. The number of aromatic nitrogens is 1. The van der Waals surface area contributed by atoms with Crippen LogP contribution in [0.1, 0.15) is 11.1 Å². The number of ether oxygens (including phenoxy) is 1. The minimum atomic E-state index is -4.74. The zero-order chi connectivity index (χ0) is 11.6. The number of hydrogen-bond acceptors (Lipinski definition) is 3. The van der Waals surface area contributed by atoms with E-state index in [0.717, 1.165) is 3.57 Å². The molecule has 7 heteroatoms.